The quantitative estimate of drug-likeness (QED) is 0.804. The summed E-state index contributed by atoms with van der Waals surface area (Å²) in [4.78, 5) is 12.2. The third kappa shape index (κ3) is 3.80. The average Bonchev–Trinajstić information content (AvgIpc) is 3.19. The van der Waals surface area contributed by atoms with Crippen LogP contribution in [0.3, 0.4) is 0 Å². The second-order valence-electron chi connectivity index (χ2n) is 8.01. The standard InChI is InChI=1S/C17H28N4O3S/c1-17(2,3)15-8-9-16(22)20(18-15)13-14-7-6-12-21(14)25(23,24)19-10-4-5-11-19/h8-9,14H,4-7,10-13H2,1-3H3. The Morgan fingerprint density at radius 1 is 1.12 bits per heavy atom. The van der Waals surface area contributed by atoms with Crippen LogP contribution < -0.4 is 5.56 Å². The topological polar surface area (TPSA) is 75.5 Å². The van der Waals surface area contributed by atoms with Gasteiger partial charge in [-0.3, -0.25) is 4.79 Å². The lowest BCUT2D eigenvalue weighted by Gasteiger charge is -2.29. The summed E-state index contributed by atoms with van der Waals surface area (Å²) in [7, 11) is -3.44. The molecule has 2 saturated heterocycles. The van der Waals surface area contributed by atoms with Crippen LogP contribution in [0.5, 0.6) is 0 Å². The molecule has 3 rings (SSSR count). The fourth-order valence-electron chi connectivity index (χ4n) is 3.54. The SMILES string of the molecule is CC(C)(C)c1ccc(=O)n(CC2CCCN2S(=O)(=O)N2CCCC2)n1. The number of hydrogen-bond donors (Lipinski definition) is 0. The Hall–Kier alpha value is -1.25. The summed E-state index contributed by atoms with van der Waals surface area (Å²) in [6.07, 6.45) is 3.44. The van der Waals surface area contributed by atoms with E-state index in [4.69, 9.17) is 0 Å². The highest BCUT2D eigenvalue weighted by Crippen LogP contribution is 2.26. The molecule has 0 aromatic carbocycles. The lowest BCUT2D eigenvalue weighted by atomic mass is 9.92. The van der Waals surface area contributed by atoms with E-state index in [2.05, 4.69) is 5.10 Å². The molecule has 0 N–H and O–H groups in total. The fourth-order valence-corrected chi connectivity index (χ4v) is 5.47. The predicted molar refractivity (Wildman–Crippen MR) is 96.7 cm³/mol. The number of aromatic nitrogens is 2. The van der Waals surface area contributed by atoms with Crippen LogP contribution in [-0.2, 0) is 22.2 Å². The number of hydrogen-bond acceptors (Lipinski definition) is 4. The summed E-state index contributed by atoms with van der Waals surface area (Å²) >= 11 is 0. The van der Waals surface area contributed by atoms with E-state index in [-0.39, 0.29) is 17.0 Å². The van der Waals surface area contributed by atoms with Gasteiger partial charge in [0, 0.05) is 37.2 Å². The van der Waals surface area contributed by atoms with Gasteiger partial charge in [-0.15, -0.1) is 0 Å². The fraction of sp³-hybridized carbons (Fsp3) is 0.765. The average molecular weight is 369 g/mol. The van der Waals surface area contributed by atoms with Crippen molar-refractivity contribution < 1.29 is 8.42 Å². The van der Waals surface area contributed by atoms with E-state index in [0.29, 0.717) is 26.2 Å². The van der Waals surface area contributed by atoms with Gasteiger partial charge in [0.2, 0.25) is 0 Å². The van der Waals surface area contributed by atoms with Crippen LogP contribution in [0.25, 0.3) is 0 Å². The molecule has 1 atom stereocenters. The minimum absolute atomic E-state index is 0.160. The highest BCUT2D eigenvalue weighted by molar-refractivity contribution is 7.86. The van der Waals surface area contributed by atoms with Gasteiger partial charge in [-0.2, -0.15) is 22.1 Å². The minimum atomic E-state index is -3.44. The molecule has 140 valence electrons. The monoisotopic (exact) mass is 368 g/mol. The molecule has 0 aliphatic carbocycles. The van der Waals surface area contributed by atoms with E-state index < -0.39 is 10.2 Å². The third-order valence-corrected chi connectivity index (χ3v) is 7.12. The lowest BCUT2D eigenvalue weighted by Crippen LogP contribution is -2.47. The normalized spacial score (nSPS) is 23.4. The molecule has 7 nitrogen and oxygen atoms in total. The Morgan fingerprint density at radius 3 is 2.44 bits per heavy atom. The van der Waals surface area contributed by atoms with Crippen molar-refractivity contribution in [3.63, 3.8) is 0 Å². The van der Waals surface area contributed by atoms with Gasteiger partial charge in [0.25, 0.3) is 15.8 Å². The van der Waals surface area contributed by atoms with Crippen LogP contribution in [-0.4, -0.2) is 52.5 Å². The molecule has 8 heteroatoms. The molecule has 1 aromatic rings. The van der Waals surface area contributed by atoms with E-state index in [1.54, 1.807) is 14.7 Å². The second-order valence-corrected chi connectivity index (χ2v) is 9.89. The van der Waals surface area contributed by atoms with E-state index in [0.717, 1.165) is 31.4 Å². The van der Waals surface area contributed by atoms with E-state index in [1.165, 1.54) is 10.7 Å². The summed E-state index contributed by atoms with van der Waals surface area (Å²) in [5.41, 5.74) is 0.490. The van der Waals surface area contributed by atoms with E-state index in [9.17, 15) is 13.2 Å². The van der Waals surface area contributed by atoms with Crippen molar-refractivity contribution in [2.24, 2.45) is 0 Å². The van der Waals surface area contributed by atoms with Gasteiger partial charge in [-0.25, -0.2) is 4.68 Å². The zero-order valence-corrected chi connectivity index (χ0v) is 16.1. The molecule has 2 fully saturated rings. The summed E-state index contributed by atoms with van der Waals surface area (Å²) in [6, 6.07) is 3.08. The Bertz CT molecular complexity index is 776. The Balaban J connectivity index is 1.84. The molecule has 3 heterocycles. The van der Waals surface area contributed by atoms with Crippen LogP contribution in [0.4, 0.5) is 0 Å². The van der Waals surface area contributed by atoms with E-state index in [1.807, 2.05) is 20.8 Å². The summed E-state index contributed by atoms with van der Waals surface area (Å²) in [5, 5.41) is 4.49. The largest absolute Gasteiger partial charge is 0.282 e. The Kier molecular flexibility index (Phi) is 5.05. The smallest absolute Gasteiger partial charge is 0.268 e. The van der Waals surface area contributed by atoms with Crippen molar-refractivity contribution in [3.05, 3.63) is 28.2 Å². The maximum absolute atomic E-state index is 12.9. The number of rotatable bonds is 4. The maximum Gasteiger partial charge on any atom is 0.282 e. The predicted octanol–water partition coefficient (Wildman–Crippen LogP) is 1.35. The van der Waals surface area contributed by atoms with Crippen LogP contribution in [0.1, 0.15) is 52.1 Å². The molecule has 1 unspecified atom stereocenters. The molecular formula is C17H28N4O3S. The molecule has 0 amide bonds. The highest BCUT2D eigenvalue weighted by Gasteiger charge is 2.39. The summed E-state index contributed by atoms with van der Waals surface area (Å²) < 4.78 is 30.4. The maximum atomic E-state index is 12.9. The van der Waals surface area contributed by atoms with Gasteiger partial charge >= 0.3 is 0 Å². The summed E-state index contributed by atoms with van der Waals surface area (Å²) in [6.45, 7) is 8.18. The molecule has 25 heavy (non-hydrogen) atoms. The van der Waals surface area contributed by atoms with Gasteiger partial charge in [-0.05, 0) is 31.7 Å². The van der Waals surface area contributed by atoms with Crippen molar-refractivity contribution in [2.75, 3.05) is 19.6 Å². The molecule has 1 aromatic heterocycles. The minimum Gasteiger partial charge on any atom is -0.268 e. The van der Waals surface area contributed by atoms with Gasteiger partial charge in [0.15, 0.2) is 0 Å². The first-order valence-corrected chi connectivity index (χ1v) is 10.4. The van der Waals surface area contributed by atoms with Gasteiger partial charge in [0.05, 0.1) is 12.2 Å². The van der Waals surface area contributed by atoms with Crippen LogP contribution in [0.2, 0.25) is 0 Å². The lowest BCUT2D eigenvalue weighted by molar-refractivity contribution is 0.306. The van der Waals surface area contributed by atoms with Crippen molar-refractivity contribution >= 4 is 10.2 Å². The Labute approximate surface area is 149 Å². The highest BCUT2D eigenvalue weighted by atomic mass is 32.2. The summed E-state index contributed by atoms with van der Waals surface area (Å²) in [5.74, 6) is 0. The Morgan fingerprint density at radius 2 is 1.80 bits per heavy atom. The first kappa shape index (κ1) is 18.5. The zero-order chi connectivity index (χ0) is 18.2. The van der Waals surface area contributed by atoms with Gasteiger partial charge < -0.3 is 0 Å². The van der Waals surface area contributed by atoms with Gasteiger partial charge in [0.1, 0.15) is 0 Å². The van der Waals surface area contributed by atoms with Crippen molar-refractivity contribution in [3.8, 4) is 0 Å². The first-order chi connectivity index (χ1) is 11.7. The molecule has 0 spiro atoms. The molecule has 0 radical (unpaired) electrons. The van der Waals surface area contributed by atoms with Crippen molar-refractivity contribution in [1.29, 1.82) is 0 Å². The molecule has 2 aliphatic heterocycles. The van der Waals surface area contributed by atoms with E-state index >= 15 is 0 Å². The van der Waals surface area contributed by atoms with Gasteiger partial charge in [-0.1, -0.05) is 20.8 Å². The third-order valence-electron chi connectivity index (χ3n) is 5.03. The number of nitrogens with zero attached hydrogens (tertiary/aromatic N) is 4. The zero-order valence-electron chi connectivity index (χ0n) is 15.3. The second kappa shape index (κ2) is 6.81. The van der Waals surface area contributed by atoms with Crippen molar-refractivity contribution in [1.82, 2.24) is 18.4 Å². The van der Waals surface area contributed by atoms with Crippen molar-refractivity contribution in [2.45, 2.75) is 64.5 Å². The molecule has 0 bridgehead atoms. The van der Waals surface area contributed by atoms with Crippen LogP contribution in [0.15, 0.2) is 16.9 Å². The molecular weight excluding hydrogens is 340 g/mol. The van der Waals surface area contributed by atoms with Crippen LogP contribution in [0, 0.1) is 0 Å². The first-order valence-electron chi connectivity index (χ1n) is 9.05. The van der Waals surface area contributed by atoms with Crippen LogP contribution >= 0.6 is 0 Å². The molecule has 2 aliphatic rings. The molecule has 0 saturated carbocycles.